The second kappa shape index (κ2) is 5.68. The van der Waals surface area contributed by atoms with E-state index >= 15 is 0 Å². The standard InChI is InChI=1S/C23H36O2/c1-5-23-13-12-21(3,25)14-16(23)6-7-17-19-9-8-18(15(2)24)22(19,4)11-10-20(17)23/h5,16-20,25H,1,6-14H2,2-4H3/t16-,17-,18+,19-,20-,21+,22+,23-/m0/s1. The van der Waals surface area contributed by atoms with E-state index in [-0.39, 0.29) is 10.8 Å². The molecule has 0 saturated heterocycles. The fraction of sp³-hybridized carbons (Fsp3) is 0.870. The zero-order valence-electron chi connectivity index (χ0n) is 16.4. The molecule has 0 aromatic rings. The molecule has 0 aromatic carbocycles. The van der Waals surface area contributed by atoms with Crippen LogP contribution in [0.4, 0.5) is 0 Å². The molecular formula is C23H36O2. The SMILES string of the molecule is C=C[C@]12CC[C@@](C)(O)C[C@@H]1CC[C@H]1[C@@H]3CC[C@H](C(C)=O)[C@@]3(C)CC[C@@H]12. The molecule has 2 heteroatoms. The van der Waals surface area contributed by atoms with Gasteiger partial charge in [-0.2, -0.15) is 0 Å². The Morgan fingerprint density at radius 1 is 1.04 bits per heavy atom. The van der Waals surface area contributed by atoms with E-state index in [0.29, 0.717) is 17.6 Å². The van der Waals surface area contributed by atoms with Crippen LogP contribution in [0.25, 0.3) is 0 Å². The number of rotatable bonds is 2. The minimum Gasteiger partial charge on any atom is -0.390 e. The van der Waals surface area contributed by atoms with Crippen molar-refractivity contribution in [1.82, 2.24) is 0 Å². The number of hydrogen-bond donors (Lipinski definition) is 1. The molecule has 0 aromatic heterocycles. The van der Waals surface area contributed by atoms with Crippen LogP contribution in [0.1, 0.15) is 78.6 Å². The topological polar surface area (TPSA) is 37.3 Å². The van der Waals surface area contributed by atoms with Crippen molar-refractivity contribution in [3.63, 3.8) is 0 Å². The first-order valence-electron chi connectivity index (χ1n) is 10.6. The molecule has 0 radical (unpaired) electrons. The van der Waals surface area contributed by atoms with Crippen molar-refractivity contribution in [2.45, 2.75) is 84.2 Å². The van der Waals surface area contributed by atoms with Crippen molar-refractivity contribution < 1.29 is 9.90 Å². The Morgan fingerprint density at radius 3 is 2.48 bits per heavy atom. The van der Waals surface area contributed by atoms with E-state index in [1.54, 1.807) is 0 Å². The summed E-state index contributed by atoms with van der Waals surface area (Å²) >= 11 is 0. The summed E-state index contributed by atoms with van der Waals surface area (Å²) in [5.74, 6) is 3.53. The van der Waals surface area contributed by atoms with Gasteiger partial charge in [0, 0.05) is 5.92 Å². The molecule has 0 amide bonds. The largest absolute Gasteiger partial charge is 0.390 e. The fourth-order valence-corrected chi connectivity index (χ4v) is 8.21. The number of Topliss-reactive ketones (excluding diaryl/α,β-unsaturated/α-hetero) is 1. The lowest BCUT2D eigenvalue weighted by Gasteiger charge is -2.62. The molecule has 8 atom stereocenters. The van der Waals surface area contributed by atoms with Crippen LogP contribution < -0.4 is 0 Å². The highest BCUT2D eigenvalue weighted by Crippen LogP contribution is 2.68. The Hall–Kier alpha value is -0.630. The van der Waals surface area contributed by atoms with Crippen molar-refractivity contribution in [1.29, 1.82) is 0 Å². The van der Waals surface area contributed by atoms with Crippen LogP contribution in [0, 0.1) is 40.4 Å². The predicted octanol–water partition coefficient (Wildman–Crippen LogP) is 5.15. The van der Waals surface area contributed by atoms with Gasteiger partial charge in [-0.15, -0.1) is 6.58 Å². The monoisotopic (exact) mass is 344 g/mol. The summed E-state index contributed by atoms with van der Waals surface area (Å²) in [5, 5.41) is 10.6. The number of fused-ring (bicyclic) bond motifs is 5. The van der Waals surface area contributed by atoms with Gasteiger partial charge in [0.25, 0.3) is 0 Å². The second-order valence-corrected chi connectivity index (χ2v) is 10.5. The van der Waals surface area contributed by atoms with Gasteiger partial charge in [0.15, 0.2) is 0 Å². The van der Waals surface area contributed by atoms with Crippen molar-refractivity contribution in [3.05, 3.63) is 12.7 Å². The van der Waals surface area contributed by atoms with E-state index in [1.165, 1.54) is 32.1 Å². The number of allylic oxidation sites excluding steroid dienone is 1. The molecule has 4 saturated carbocycles. The molecule has 25 heavy (non-hydrogen) atoms. The van der Waals surface area contributed by atoms with Crippen LogP contribution in [0.5, 0.6) is 0 Å². The van der Waals surface area contributed by atoms with Crippen LogP contribution in [-0.2, 0) is 4.79 Å². The van der Waals surface area contributed by atoms with Gasteiger partial charge in [0.05, 0.1) is 5.60 Å². The number of carbonyl (C=O) groups excluding carboxylic acids is 1. The molecule has 0 spiro atoms. The van der Waals surface area contributed by atoms with Crippen molar-refractivity contribution in [3.8, 4) is 0 Å². The molecule has 4 aliphatic rings. The highest BCUT2D eigenvalue weighted by Gasteiger charge is 2.61. The lowest BCUT2D eigenvalue weighted by atomic mass is 9.43. The van der Waals surface area contributed by atoms with E-state index < -0.39 is 5.60 Å². The predicted molar refractivity (Wildman–Crippen MR) is 101 cm³/mol. The minimum atomic E-state index is -0.486. The van der Waals surface area contributed by atoms with Crippen molar-refractivity contribution in [2.24, 2.45) is 40.4 Å². The zero-order valence-corrected chi connectivity index (χ0v) is 16.4. The lowest BCUT2D eigenvalue weighted by Crippen LogP contribution is -2.56. The average molecular weight is 345 g/mol. The minimum absolute atomic E-state index is 0.237. The summed E-state index contributed by atoms with van der Waals surface area (Å²) in [5.41, 5.74) is -0.0105. The first-order valence-corrected chi connectivity index (χ1v) is 10.6. The molecule has 140 valence electrons. The van der Waals surface area contributed by atoms with Gasteiger partial charge in [-0.1, -0.05) is 13.0 Å². The van der Waals surface area contributed by atoms with Gasteiger partial charge >= 0.3 is 0 Å². The summed E-state index contributed by atoms with van der Waals surface area (Å²) in [6.45, 7) is 10.6. The molecule has 0 bridgehead atoms. The van der Waals surface area contributed by atoms with Gasteiger partial charge < -0.3 is 5.11 Å². The number of aliphatic hydroxyl groups is 1. The van der Waals surface area contributed by atoms with Gasteiger partial charge in [-0.05, 0) is 106 Å². The Bertz CT molecular complexity index is 579. The highest BCUT2D eigenvalue weighted by molar-refractivity contribution is 5.79. The smallest absolute Gasteiger partial charge is 0.133 e. The van der Waals surface area contributed by atoms with Crippen LogP contribution in [0.3, 0.4) is 0 Å². The van der Waals surface area contributed by atoms with Crippen molar-refractivity contribution in [2.75, 3.05) is 0 Å². The summed E-state index contributed by atoms with van der Waals surface area (Å²) in [4.78, 5) is 12.2. The van der Waals surface area contributed by atoms with Gasteiger partial charge in [0.2, 0.25) is 0 Å². The molecular weight excluding hydrogens is 308 g/mol. The van der Waals surface area contributed by atoms with E-state index in [4.69, 9.17) is 0 Å². The highest BCUT2D eigenvalue weighted by atomic mass is 16.3. The average Bonchev–Trinajstić information content (AvgIpc) is 2.91. The van der Waals surface area contributed by atoms with Crippen molar-refractivity contribution >= 4 is 5.78 Å². The second-order valence-electron chi connectivity index (χ2n) is 10.5. The molecule has 4 fully saturated rings. The molecule has 4 aliphatic carbocycles. The first kappa shape index (κ1) is 17.8. The van der Waals surface area contributed by atoms with Gasteiger partial charge in [-0.3, -0.25) is 4.79 Å². The Kier molecular flexibility index (Phi) is 4.04. The van der Waals surface area contributed by atoms with Crippen LogP contribution >= 0.6 is 0 Å². The quantitative estimate of drug-likeness (QED) is 0.703. The fourth-order valence-electron chi connectivity index (χ4n) is 8.21. The summed E-state index contributed by atoms with van der Waals surface area (Å²) in [7, 11) is 0. The number of carbonyl (C=O) groups is 1. The third kappa shape index (κ3) is 2.42. The van der Waals surface area contributed by atoms with Crippen LogP contribution in [-0.4, -0.2) is 16.5 Å². The molecule has 0 unspecified atom stereocenters. The maximum absolute atomic E-state index is 12.2. The zero-order chi connectivity index (χ0) is 18.0. The third-order valence-corrected chi connectivity index (χ3v) is 9.39. The maximum Gasteiger partial charge on any atom is 0.133 e. The number of hydrogen-bond acceptors (Lipinski definition) is 2. The van der Waals surface area contributed by atoms with Crippen LogP contribution in [0.15, 0.2) is 12.7 Å². The Morgan fingerprint density at radius 2 is 1.80 bits per heavy atom. The third-order valence-electron chi connectivity index (χ3n) is 9.39. The molecule has 4 rings (SSSR count). The maximum atomic E-state index is 12.2. The van der Waals surface area contributed by atoms with E-state index in [0.717, 1.165) is 43.4 Å². The molecule has 0 aliphatic heterocycles. The molecule has 2 nitrogen and oxygen atoms in total. The summed E-state index contributed by atoms with van der Waals surface area (Å²) in [6, 6.07) is 0. The molecule has 0 heterocycles. The Balaban J connectivity index is 1.65. The van der Waals surface area contributed by atoms with E-state index in [9.17, 15) is 9.90 Å². The number of ketones is 1. The van der Waals surface area contributed by atoms with E-state index in [1.807, 2.05) is 13.8 Å². The normalized spacial score (nSPS) is 55.0. The lowest BCUT2D eigenvalue weighted by molar-refractivity contribution is -0.140. The van der Waals surface area contributed by atoms with E-state index in [2.05, 4.69) is 19.6 Å². The molecule has 1 N–H and O–H groups in total. The van der Waals surface area contributed by atoms with Gasteiger partial charge in [-0.25, -0.2) is 0 Å². The Labute approximate surface area is 153 Å². The van der Waals surface area contributed by atoms with Crippen LogP contribution in [0.2, 0.25) is 0 Å². The summed E-state index contributed by atoms with van der Waals surface area (Å²) < 4.78 is 0. The summed E-state index contributed by atoms with van der Waals surface area (Å²) in [6.07, 6.45) is 12.6. The van der Waals surface area contributed by atoms with Gasteiger partial charge in [0.1, 0.15) is 5.78 Å². The first-order chi connectivity index (χ1) is 11.7.